The van der Waals surface area contributed by atoms with Gasteiger partial charge in [-0.1, -0.05) is 13.8 Å². The molecule has 0 fully saturated rings. The highest BCUT2D eigenvalue weighted by Gasteiger charge is 2.05. The minimum absolute atomic E-state index is 0.235. The molecule has 0 saturated carbocycles. The fraction of sp³-hybridized carbons (Fsp3) is 1.00. The molecule has 3 nitrogen and oxygen atoms in total. The lowest BCUT2D eigenvalue weighted by Gasteiger charge is -2.19. The van der Waals surface area contributed by atoms with E-state index in [4.69, 9.17) is 0 Å². The lowest BCUT2D eigenvalue weighted by atomic mass is 10.3. The first-order valence-corrected chi connectivity index (χ1v) is 4.78. The molecule has 0 amide bonds. The molecular formula is C9H22N2O. The van der Waals surface area contributed by atoms with E-state index in [2.05, 4.69) is 17.1 Å². The van der Waals surface area contributed by atoms with Crippen LogP contribution in [-0.4, -0.2) is 49.3 Å². The number of nitrogens with one attached hydrogen (secondary N) is 1. The van der Waals surface area contributed by atoms with Crippen molar-refractivity contribution in [2.45, 2.75) is 26.4 Å². The number of hydrogen-bond donors (Lipinski definition) is 2. The van der Waals surface area contributed by atoms with Crippen LogP contribution in [0.2, 0.25) is 0 Å². The number of rotatable bonds is 7. The Kier molecular flexibility index (Phi) is 7.45. The standard InChI is InChI=1S/C9H22N2O/c1-4-6-11(3)8-9(12)7-10-5-2/h9-10,12H,4-8H2,1-3H3. The van der Waals surface area contributed by atoms with Crippen LogP contribution >= 0.6 is 0 Å². The van der Waals surface area contributed by atoms with Crippen molar-refractivity contribution in [2.24, 2.45) is 0 Å². The van der Waals surface area contributed by atoms with E-state index in [1.54, 1.807) is 0 Å². The highest BCUT2D eigenvalue weighted by atomic mass is 16.3. The van der Waals surface area contributed by atoms with Crippen molar-refractivity contribution in [3.63, 3.8) is 0 Å². The Morgan fingerprint density at radius 3 is 2.58 bits per heavy atom. The SMILES string of the molecule is CCCN(C)CC(O)CNCC. The second-order valence-electron chi connectivity index (χ2n) is 3.22. The lowest BCUT2D eigenvalue weighted by Crippen LogP contribution is -2.36. The topological polar surface area (TPSA) is 35.5 Å². The van der Waals surface area contributed by atoms with E-state index in [9.17, 15) is 5.11 Å². The van der Waals surface area contributed by atoms with Crippen LogP contribution in [0.1, 0.15) is 20.3 Å². The van der Waals surface area contributed by atoms with Crippen LogP contribution in [0, 0.1) is 0 Å². The Bertz CT molecular complexity index is 98.5. The summed E-state index contributed by atoms with van der Waals surface area (Å²) in [5, 5.41) is 12.6. The van der Waals surface area contributed by atoms with Gasteiger partial charge in [-0.2, -0.15) is 0 Å². The molecule has 0 saturated heterocycles. The second-order valence-corrected chi connectivity index (χ2v) is 3.22. The molecule has 0 bridgehead atoms. The number of nitrogens with zero attached hydrogens (tertiary/aromatic N) is 1. The zero-order chi connectivity index (χ0) is 9.40. The average Bonchev–Trinajstić information content (AvgIpc) is 2.01. The van der Waals surface area contributed by atoms with Crippen molar-refractivity contribution in [1.29, 1.82) is 0 Å². The summed E-state index contributed by atoms with van der Waals surface area (Å²) >= 11 is 0. The van der Waals surface area contributed by atoms with E-state index in [1.165, 1.54) is 0 Å². The zero-order valence-electron chi connectivity index (χ0n) is 8.51. The Balaban J connectivity index is 3.33. The highest BCUT2D eigenvalue weighted by molar-refractivity contribution is 4.63. The van der Waals surface area contributed by atoms with Crippen molar-refractivity contribution in [2.75, 3.05) is 33.2 Å². The summed E-state index contributed by atoms with van der Waals surface area (Å²) in [6.45, 7) is 7.64. The van der Waals surface area contributed by atoms with Gasteiger partial charge in [-0.25, -0.2) is 0 Å². The summed E-state index contributed by atoms with van der Waals surface area (Å²) in [6, 6.07) is 0. The molecule has 2 N–H and O–H groups in total. The van der Waals surface area contributed by atoms with E-state index in [-0.39, 0.29) is 6.10 Å². The van der Waals surface area contributed by atoms with E-state index in [1.807, 2.05) is 14.0 Å². The summed E-state index contributed by atoms with van der Waals surface area (Å²) in [7, 11) is 2.04. The monoisotopic (exact) mass is 174 g/mol. The van der Waals surface area contributed by atoms with E-state index < -0.39 is 0 Å². The van der Waals surface area contributed by atoms with Crippen molar-refractivity contribution in [3.05, 3.63) is 0 Å². The molecule has 1 atom stereocenters. The highest BCUT2D eigenvalue weighted by Crippen LogP contribution is 1.89. The Hall–Kier alpha value is -0.120. The summed E-state index contributed by atoms with van der Waals surface area (Å²) in [5.74, 6) is 0. The predicted molar refractivity (Wildman–Crippen MR) is 52.3 cm³/mol. The molecule has 0 aliphatic rings. The third-order valence-electron chi connectivity index (χ3n) is 1.76. The Labute approximate surface area is 75.8 Å². The van der Waals surface area contributed by atoms with Crippen molar-refractivity contribution >= 4 is 0 Å². The molecule has 12 heavy (non-hydrogen) atoms. The largest absolute Gasteiger partial charge is 0.390 e. The van der Waals surface area contributed by atoms with Crippen LogP contribution in [0.15, 0.2) is 0 Å². The predicted octanol–water partition coefficient (Wildman–Crippen LogP) is 0.299. The maximum absolute atomic E-state index is 9.47. The second kappa shape index (κ2) is 7.53. The van der Waals surface area contributed by atoms with Gasteiger partial charge in [-0.05, 0) is 26.6 Å². The van der Waals surface area contributed by atoms with Gasteiger partial charge in [-0.15, -0.1) is 0 Å². The van der Waals surface area contributed by atoms with Crippen LogP contribution in [0.5, 0.6) is 0 Å². The minimum Gasteiger partial charge on any atom is -0.390 e. The summed E-state index contributed by atoms with van der Waals surface area (Å²) in [6.07, 6.45) is 0.909. The molecular weight excluding hydrogens is 152 g/mol. The number of aliphatic hydroxyl groups excluding tert-OH is 1. The third kappa shape index (κ3) is 6.58. The third-order valence-corrected chi connectivity index (χ3v) is 1.76. The van der Waals surface area contributed by atoms with Crippen LogP contribution in [-0.2, 0) is 0 Å². The molecule has 74 valence electrons. The van der Waals surface area contributed by atoms with Gasteiger partial charge < -0.3 is 15.3 Å². The lowest BCUT2D eigenvalue weighted by molar-refractivity contribution is 0.125. The van der Waals surface area contributed by atoms with Crippen LogP contribution in [0.4, 0.5) is 0 Å². The molecule has 0 spiro atoms. The molecule has 0 aromatic carbocycles. The van der Waals surface area contributed by atoms with Crippen molar-refractivity contribution in [3.8, 4) is 0 Å². The average molecular weight is 174 g/mol. The Morgan fingerprint density at radius 1 is 1.42 bits per heavy atom. The number of hydrogen-bond acceptors (Lipinski definition) is 3. The van der Waals surface area contributed by atoms with Crippen LogP contribution in [0.3, 0.4) is 0 Å². The quantitative estimate of drug-likeness (QED) is 0.582. The molecule has 0 rings (SSSR count). The van der Waals surface area contributed by atoms with Gasteiger partial charge in [0.05, 0.1) is 6.10 Å². The zero-order valence-corrected chi connectivity index (χ0v) is 8.51. The van der Waals surface area contributed by atoms with E-state index in [0.29, 0.717) is 6.54 Å². The number of likely N-dealkylation sites (N-methyl/N-ethyl adjacent to an activating group) is 2. The maximum atomic E-state index is 9.47. The fourth-order valence-electron chi connectivity index (χ4n) is 1.21. The van der Waals surface area contributed by atoms with Crippen LogP contribution in [0.25, 0.3) is 0 Å². The van der Waals surface area contributed by atoms with Gasteiger partial charge >= 0.3 is 0 Å². The van der Waals surface area contributed by atoms with Gasteiger partial charge in [0.1, 0.15) is 0 Å². The van der Waals surface area contributed by atoms with Crippen LogP contribution < -0.4 is 5.32 Å². The molecule has 3 heteroatoms. The maximum Gasteiger partial charge on any atom is 0.0791 e. The first kappa shape index (κ1) is 11.9. The number of aliphatic hydroxyl groups is 1. The molecule has 0 heterocycles. The molecule has 1 unspecified atom stereocenters. The molecule has 0 aromatic heterocycles. The Morgan fingerprint density at radius 2 is 2.08 bits per heavy atom. The molecule has 0 aromatic rings. The van der Waals surface area contributed by atoms with Gasteiger partial charge in [-0.3, -0.25) is 0 Å². The van der Waals surface area contributed by atoms with E-state index in [0.717, 1.165) is 26.1 Å². The van der Waals surface area contributed by atoms with Crippen molar-refractivity contribution in [1.82, 2.24) is 10.2 Å². The molecule has 0 aliphatic carbocycles. The van der Waals surface area contributed by atoms with Gasteiger partial charge in [0.25, 0.3) is 0 Å². The summed E-state index contributed by atoms with van der Waals surface area (Å²) < 4.78 is 0. The first-order valence-electron chi connectivity index (χ1n) is 4.78. The summed E-state index contributed by atoms with van der Waals surface area (Å²) in [5.41, 5.74) is 0. The summed E-state index contributed by atoms with van der Waals surface area (Å²) in [4.78, 5) is 2.15. The first-order chi connectivity index (χ1) is 5.70. The fourth-order valence-corrected chi connectivity index (χ4v) is 1.21. The minimum atomic E-state index is -0.235. The molecule has 0 aliphatic heterocycles. The molecule has 0 radical (unpaired) electrons. The van der Waals surface area contributed by atoms with Crippen molar-refractivity contribution < 1.29 is 5.11 Å². The van der Waals surface area contributed by atoms with Gasteiger partial charge in [0, 0.05) is 13.1 Å². The van der Waals surface area contributed by atoms with Gasteiger partial charge in [0.15, 0.2) is 0 Å². The smallest absolute Gasteiger partial charge is 0.0791 e. The van der Waals surface area contributed by atoms with E-state index >= 15 is 0 Å². The normalized spacial score (nSPS) is 13.8. The van der Waals surface area contributed by atoms with Gasteiger partial charge in [0.2, 0.25) is 0 Å².